The number of carbonyl (C=O) groups is 2. The van der Waals surface area contributed by atoms with E-state index >= 15 is 0 Å². The molecule has 2 N–H and O–H groups in total. The number of amides is 2. The van der Waals surface area contributed by atoms with Crippen molar-refractivity contribution in [1.82, 2.24) is 9.88 Å². The van der Waals surface area contributed by atoms with Gasteiger partial charge in [-0.25, -0.2) is 9.59 Å². The first-order chi connectivity index (χ1) is 9.08. The number of aromatic carboxylic acids is 1. The third-order valence-corrected chi connectivity index (χ3v) is 2.37. The summed E-state index contributed by atoms with van der Waals surface area (Å²) >= 11 is 0. The second-order valence-electron chi connectivity index (χ2n) is 3.93. The van der Waals surface area contributed by atoms with Gasteiger partial charge in [-0.2, -0.15) is 0 Å². The molecule has 0 aliphatic heterocycles. The standard InChI is InChI=1S/C13H17N3O3/c1-3-5-16(6-4-2)13(19)15-11-7-10(12(17)18)8-14-9-11/h3,7-9H,1,4-6H2,2H3,(H,15,19)(H,17,18). The Morgan fingerprint density at radius 2 is 2.26 bits per heavy atom. The van der Waals surface area contributed by atoms with Crippen LogP contribution in [0.15, 0.2) is 31.1 Å². The number of pyridine rings is 1. The normalized spacial score (nSPS) is 9.74. The van der Waals surface area contributed by atoms with Crippen molar-refractivity contribution in [3.63, 3.8) is 0 Å². The molecule has 6 heteroatoms. The molecule has 2 amide bonds. The Hall–Kier alpha value is -2.37. The number of carbonyl (C=O) groups excluding carboxylic acids is 1. The van der Waals surface area contributed by atoms with Crippen molar-refractivity contribution in [3.05, 3.63) is 36.7 Å². The molecule has 102 valence electrons. The van der Waals surface area contributed by atoms with Gasteiger partial charge >= 0.3 is 12.0 Å². The van der Waals surface area contributed by atoms with E-state index in [2.05, 4.69) is 16.9 Å². The van der Waals surface area contributed by atoms with Crippen molar-refractivity contribution in [2.75, 3.05) is 18.4 Å². The van der Waals surface area contributed by atoms with E-state index in [0.717, 1.165) is 6.42 Å². The van der Waals surface area contributed by atoms with E-state index < -0.39 is 5.97 Å². The molecule has 0 saturated carbocycles. The zero-order chi connectivity index (χ0) is 14.3. The number of carboxylic acids is 1. The number of hydrogen-bond acceptors (Lipinski definition) is 3. The minimum atomic E-state index is -1.08. The molecule has 0 radical (unpaired) electrons. The van der Waals surface area contributed by atoms with Gasteiger partial charge in [0.15, 0.2) is 0 Å². The monoisotopic (exact) mass is 263 g/mol. The maximum atomic E-state index is 12.0. The molecule has 19 heavy (non-hydrogen) atoms. The third kappa shape index (κ3) is 4.42. The Balaban J connectivity index is 2.77. The predicted molar refractivity (Wildman–Crippen MR) is 72.3 cm³/mol. The molecule has 0 atom stereocenters. The topological polar surface area (TPSA) is 82.5 Å². The van der Waals surface area contributed by atoms with Crippen molar-refractivity contribution in [1.29, 1.82) is 0 Å². The molecule has 0 saturated heterocycles. The van der Waals surface area contributed by atoms with Crippen LogP contribution in [0.25, 0.3) is 0 Å². The van der Waals surface area contributed by atoms with Crippen molar-refractivity contribution < 1.29 is 14.7 Å². The maximum absolute atomic E-state index is 12.0. The van der Waals surface area contributed by atoms with Gasteiger partial charge in [0.1, 0.15) is 0 Å². The molecule has 1 rings (SSSR count). The highest BCUT2D eigenvalue weighted by Gasteiger charge is 2.12. The van der Waals surface area contributed by atoms with E-state index in [-0.39, 0.29) is 11.6 Å². The number of nitrogens with zero attached hydrogens (tertiary/aromatic N) is 2. The minimum Gasteiger partial charge on any atom is -0.478 e. The lowest BCUT2D eigenvalue weighted by molar-refractivity contribution is 0.0696. The molecular formula is C13H17N3O3. The van der Waals surface area contributed by atoms with Gasteiger partial charge in [0.25, 0.3) is 0 Å². The van der Waals surface area contributed by atoms with E-state index in [1.54, 1.807) is 11.0 Å². The molecule has 1 aromatic rings. The van der Waals surface area contributed by atoms with E-state index in [1.165, 1.54) is 18.5 Å². The highest BCUT2D eigenvalue weighted by Crippen LogP contribution is 2.09. The third-order valence-electron chi connectivity index (χ3n) is 2.37. The Kier molecular flexibility index (Phi) is 5.53. The van der Waals surface area contributed by atoms with Crippen LogP contribution in [-0.4, -0.2) is 40.1 Å². The quantitative estimate of drug-likeness (QED) is 0.771. The van der Waals surface area contributed by atoms with Crippen LogP contribution in [0.4, 0.5) is 10.5 Å². The summed E-state index contributed by atoms with van der Waals surface area (Å²) in [6, 6.07) is 1.07. The van der Waals surface area contributed by atoms with Crippen LogP contribution in [0.1, 0.15) is 23.7 Å². The second kappa shape index (κ2) is 7.15. The van der Waals surface area contributed by atoms with E-state index in [9.17, 15) is 9.59 Å². The first-order valence-electron chi connectivity index (χ1n) is 5.93. The summed E-state index contributed by atoms with van der Waals surface area (Å²) in [5.41, 5.74) is 0.388. The molecule has 0 bridgehead atoms. The average molecular weight is 263 g/mol. The Morgan fingerprint density at radius 3 is 2.84 bits per heavy atom. The average Bonchev–Trinajstić information content (AvgIpc) is 2.38. The molecule has 6 nitrogen and oxygen atoms in total. The molecule has 0 fully saturated rings. The van der Waals surface area contributed by atoms with E-state index in [1.807, 2.05) is 6.92 Å². The van der Waals surface area contributed by atoms with Crippen LogP contribution in [0.2, 0.25) is 0 Å². The molecule has 0 spiro atoms. The van der Waals surface area contributed by atoms with Crippen LogP contribution in [0.3, 0.4) is 0 Å². The summed E-state index contributed by atoms with van der Waals surface area (Å²) in [5, 5.41) is 11.5. The SMILES string of the molecule is C=CCN(CCC)C(=O)Nc1cncc(C(=O)O)c1. The number of rotatable bonds is 6. The van der Waals surface area contributed by atoms with Gasteiger partial charge in [-0.1, -0.05) is 13.0 Å². The fraction of sp³-hybridized carbons (Fsp3) is 0.308. The molecule has 0 aliphatic rings. The largest absolute Gasteiger partial charge is 0.478 e. The van der Waals surface area contributed by atoms with Crippen LogP contribution in [0, 0.1) is 0 Å². The van der Waals surface area contributed by atoms with Crippen LogP contribution < -0.4 is 5.32 Å². The molecular weight excluding hydrogens is 246 g/mol. The summed E-state index contributed by atoms with van der Waals surface area (Å²) in [6.45, 7) is 6.60. The number of hydrogen-bond donors (Lipinski definition) is 2. The van der Waals surface area contributed by atoms with Crippen molar-refractivity contribution in [2.24, 2.45) is 0 Å². The fourth-order valence-electron chi connectivity index (χ4n) is 1.53. The number of carboxylic acid groups (broad SMARTS) is 1. The lowest BCUT2D eigenvalue weighted by Crippen LogP contribution is -2.35. The summed E-state index contributed by atoms with van der Waals surface area (Å²) in [7, 11) is 0. The molecule has 1 aromatic heterocycles. The number of anilines is 1. The number of urea groups is 1. The lowest BCUT2D eigenvalue weighted by atomic mass is 10.2. The van der Waals surface area contributed by atoms with Crippen molar-refractivity contribution >= 4 is 17.7 Å². The Labute approximate surface area is 111 Å². The predicted octanol–water partition coefficient (Wildman–Crippen LogP) is 2.21. The van der Waals surface area contributed by atoms with Crippen LogP contribution in [-0.2, 0) is 0 Å². The smallest absolute Gasteiger partial charge is 0.337 e. The Morgan fingerprint density at radius 1 is 1.53 bits per heavy atom. The zero-order valence-corrected chi connectivity index (χ0v) is 10.8. The van der Waals surface area contributed by atoms with Crippen LogP contribution >= 0.6 is 0 Å². The molecule has 0 unspecified atom stereocenters. The van der Waals surface area contributed by atoms with Gasteiger partial charge in [-0.3, -0.25) is 4.98 Å². The van der Waals surface area contributed by atoms with Gasteiger partial charge in [0.2, 0.25) is 0 Å². The zero-order valence-electron chi connectivity index (χ0n) is 10.8. The summed E-state index contributed by atoms with van der Waals surface area (Å²) in [5.74, 6) is -1.08. The van der Waals surface area contributed by atoms with Crippen molar-refractivity contribution in [3.8, 4) is 0 Å². The van der Waals surface area contributed by atoms with E-state index in [4.69, 9.17) is 5.11 Å². The van der Waals surface area contributed by atoms with Gasteiger partial charge in [-0.05, 0) is 12.5 Å². The van der Waals surface area contributed by atoms with Gasteiger partial charge in [-0.15, -0.1) is 6.58 Å². The number of aromatic nitrogens is 1. The highest BCUT2D eigenvalue weighted by molar-refractivity contribution is 5.92. The Bertz CT molecular complexity index is 474. The minimum absolute atomic E-state index is 0.0311. The second-order valence-corrected chi connectivity index (χ2v) is 3.93. The van der Waals surface area contributed by atoms with E-state index in [0.29, 0.717) is 18.8 Å². The summed E-state index contributed by atoms with van der Waals surface area (Å²) in [6.07, 6.45) is 5.10. The first-order valence-corrected chi connectivity index (χ1v) is 5.93. The van der Waals surface area contributed by atoms with Gasteiger partial charge in [0.05, 0.1) is 17.4 Å². The van der Waals surface area contributed by atoms with Crippen molar-refractivity contribution in [2.45, 2.75) is 13.3 Å². The lowest BCUT2D eigenvalue weighted by Gasteiger charge is -2.20. The van der Waals surface area contributed by atoms with Gasteiger partial charge in [0, 0.05) is 19.3 Å². The summed E-state index contributed by atoms with van der Waals surface area (Å²) < 4.78 is 0. The molecule has 0 aliphatic carbocycles. The molecule has 1 heterocycles. The first kappa shape index (κ1) is 14.7. The fourth-order valence-corrected chi connectivity index (χ4v) is 1.53. The van der Waals surface area contributed by atoms with Gasteiger partial charge < -0.3 is 15.3 Å². The van der Waals surface area contributed by atoms with Crippen LogP contribution in [0.5, 0.6) is 0 Å². The highest BCUT2D eigenvalue weighted by atomic mass is 16.4. The number of nitrogens with one attached hydrogen (secondary N) is 1. The molecule has 0 aromatic carbocycles. The summed E-state index contributed by atoms with van der Waals surface area (Å²) in [4.78, 5) is 28.1. The maximum Gasteiger partial charge on any atom is 0.337 e.